The molecule has 36 heavy (non-hydrogen) atoms. The fourth-order valence-corrected chi connectivity index (χ4v) is 4.75. The Morgan fingerprint density at radius 1 is 1.17 bits per heavy atom. The van der Waals surface area contributed by atoms with Gasteiger partial charge in [-0.15, -0.1) is 0 Å². The maximum absolute atomic E-state index is 13.9. The molecule has 1 aromatic carbocycles. The van der Waals surface area contributed by atoms with Crippen molar-refractivity contribution in [1.82, 2.24) is 19.9 Å². The van der Waals surface area contributed by atoms with Gasteiger partial charge >= 0.3 is 6.18 Å². The fraction of sp³-hybridized carbons (Fsp3) is 0.407. The van der Waals surface area contributed by atoms with Gasteiger partial charge in [-0.25, -0.2) is 4.98 Å². The number of carbonyl (C=O) groups is 1. The highest BCUT2D eigenvalue weighted by atomic mass is 19.4. The average Bonchev–Trinajstić information content (AvgIpc) is 2.87. The van der Waals surface area contributed by atoms with Crippen LogP contribution in [0.1, 0.15) is 53.4 Å². The number of alkyl halides is 3. The first-order valence-electron chi connectivity index (χ1n) is 12.0. The second-order valence-electron chi connectivity index (χ2n) is 9.23. The van der Waals surface area contributed by atoms with Crippen LogP contribution in [0.4, 0.5) is 13.2 Å². The van der Waals surface area contributed by atoms with Crippen LogP contribution in [-0.4, -0.2) is 45.5 Å². The monoisotopic (exact) mass is 498 g/mol. The third-order valence-electron chi connectivity index (χ3n) is 6.71. The summed E-state index contributed by atoms with van der Waals surface area (Å²) < 4.78 is 43.9. The van der Waals surface area contributed by atoms with Gasteiger partial charge in [-0.3, -0.25) is 9.78 Å². The van der Waals surface area contributed by atoms with E-state index in [0.29, 0.717) is 47.9 Å². The molecule has 0 spiro atoms. The number of piperidine rings is 1. The predicted molar refractivity (Wildman–Crippen MR) is 130 cm³/mol. The Morgan fingerprint density at radius 3 is 2.67 bits per heavy atom. The number of carbonyl (C=O) groups excluding carboxylic acids is 1. The molecule has 0 unspecified atom stereocenters. The minimum absolute atomic E-state index is 0.0602. The molecule has 190 valence electrons. The van der Waals surface area contributed by atoms with E-state index in [-0.39, 0.29) is 17.9 Å². The summed E-state index contributed by atoms with van der Waals surface area (Å²) in [6.07, 6.45) is 1.02. The van der Waals surface area contributed by atoms with E-state index in [4.69, 9.17) is 4.74 Å². The van der Waals surface area contributed by atoms with Gasteiger partial charge < -0.3 is 9.64 Å². The van der Waals surface area contributed by atoms with Gasteiger partial charge in [0.05, 0.1) is 18.2 Å². The van der Waals surface area contributed by atoms with Crippen LogP contribution in [-0.2, 0) is 12.6 Å². The third-order valence-corrected chi connectivity index (χ3v) is 6.71. The Kier molecular flexibility index (Phi) is 7.56. The average molecular weight is 499 g/mol. The number of nitrogens with zero attached hydrogens (tertiary/aromatic N) is 4. The summed E-state index contributed by atoms with van der Waals surface area (Å²) in [5.74, 6) is 0.969. The molecule has 2 atom stereocenters. The van der Waals surface area contributed by atoms with Crippen LogP contribution < -0.4 is 4.74 Å². The molecular formula is C27H29F3N4O2. The van der Waals surface area contributed by atoms with Crippen molar-refractivity contribution in [2.45, 2.75) is 51.7 Å². The van der Waals surface area contributed by atoms with E-state index in [0.717, 1.165) is 30.7 Å². The summed E-state index contributed by atoms with van der Waals surface area (Å²) in [5, 5.41) is 0. The molecular weight excluding hydrogens is 469 g/mol. The van der Waals surface area contributed by atoms with Crippen LogP contribution in [0.25, 0.3) is 11.4 Å². The minimum atomic E-state index is -4.41. The van der Waals surface area contributed by atoms with E-state index >= 15 is 0 Å². The molecule has 3 heterocycles. The predicted octanol–water partition coefficient (Wildman–Crippen LogP) is 5.75. The van der Waals surface area contributed by atoms with E-state index in [2.05, 4.69) is 21.9 Å². The van der Waals surface area contributed by atoms with Crippen LogP contribution in [0.5, 0.6) is 5.88 Å². The van der Waals surface area contributed by atoms with Crippen LogP contribution in [0.2, 0.25) is 0 Å². The zero-order chi connectivity index (χ0) is 25.9. The number of hydrogen-bond donors (Lipinski definition) is 0. The summed E-state index contributed by atoms with van der Waals surface area (Å²) in [6, 6.07) is 9.69. The zero-order valence-electron chi connectivity index (χ0n) is 20.5. The number of amides is 1. The van der Waals surface area contributed by atoms with E-state index in [1.54, 1.807) is 12.3 Å². The summed E-state index contributed by atoms with van der Waals surface area (Å²) in [4.78, 5) is 28.6. The molecule has 1 fully saturated rings. The van der Waals surface area contributed by atoms with Gasteiger partial charge in [-0.05, 0) is 56.7 Å². The quantitative estimate of drug-likeness (QED) is 0.433. The van der Waals surface area contributed by atoms with Crippen LogP contribution in [0, 0.1) is 12.8 Å². The number of aryl methyl sites for hydroxylation is 2. The molecule has 0 saturated carbocycles. The minimum Gasteiger partial charge on any atom is -0.481 e. The fourth-order valence-electron chi connectivity index (χ4n) is 4.75. The Morgan fingerprint density at radius 2 is 1.97 bits per heavy atom. The van der Waals surface area contributed by atoms with E-state index in [1.165, 1.54) is 13.2 Å². The first-order chi connectivity index (χ1) is 17.2. The van der Waals surface area contributed by atoms with Crippen LogP contribution in [0.15, 0.2) is 48.8 Å². The molecule has 9 heteroatoms. The number of pyridine rings is 1. The summed E-state index contributed by atoms with van der Waals surface area (Å²) in [6.45, 7) is 4.66. The van der Waals surface area contributed by atoms with E-state index < -0.39 is 11.7 Å². The van der Waals surface area contributed by atoms with Crippen molar-refractivity contribution in [2.24, 2.45) is 5.92 Å². The second-order valence-corrected chi connectivity index (χ2v) is 9.23. The van der Waals surface area contributed by atoms with E-state index in [9.17, 15) is 18.0 Å². The molecule has 0 bridgehead atoms. The van der Waals surface area contributed by atoms with Crippen molar-refractivity contribution in [3.05, 3.63) is 71.2 Å². The lowest BCUT2D eigenvalue weighted by Crippen LogP contribution is -2.48. The number of methoxy groups -OCH3 is 1. The normalized spacial score (nSPS) is 18.2. The highest BCUT2D eigenvalue weighted by molar-refractivity contribution is 6.00. The molecule has 0 radical (unpaired) electrons. The molecule has 1 saturated heterocycles. The van der Waals surface area contributed by atoms with Gasteiger partial charge in [0.1, 0.15) is 0 Å². The van der Waals surface area contributed by atoms with E-state index in [1.807, 2.05) is 30.0 Å². The van der Waals surface area contributed by atoms with Crippen molar-refractivity contribution in [3.63, 3.8) is 0 Å². The second kappa shape index (κ2) is 10.6. The lowest BCUT2D eigenvalue weighted by atomic mass is 9.86. The lowest BCUT2D eigenvalue weighted by Gasteiger charge is -2.40. The number of likely N-dealkylation sites (tertiary alicyclic amines) is 1. The Balaban J connectivity index is 1.59. The first kappa shape index (κ1) is 25.6. The number of hydrogen-bond acceptors (Lipinski definition) is 5. The number of benzene rings is 1. The summed E-state index contributed by atoms with van der Waals surface area (Å²) in [7, 11) is 1.53. The van der Waals surface area contributed by atoms with Crippen LogP contribution in [0.3, 0.4) is 0 Å². The van der Waals surface area contributed by atoms with Gasteiger partial charge in [0, 0.05) is 42.3 Å². The molecule has 0 aliphatic carbocycles. The zero-order valence-corrected chi connectivity index (χ0v) is 20.5. The highest BCUT2D eigenvalue weighted by Gasteiger charge is 2.34. The van der Waals surface area contributed by atoms with Gasteiger partial charge in [-0.1, -0.05) is 24.6 Å². The van der Waals surface area contributed by atoms with Gasteiger partial charge in [0.15, 0.2) is 5.82 Å². The third kappa shape index (κ3) is 5.66. The summed E-state index contributed by atoms with van der Waals surface area (Å²) in [5.41, 5.74) is 1.91. The van der Waals surface area contributed by atoms with Crippen molar-refractivity contribution in [2.75, 3.05) is 13.7 Å². The number of aromatic nitrogens is 3. The molecule has 3 aromatic rings. The molecule has 2 aromatic heterocycles. The Labute approximate surface area is 208 Å². The molecule has 6 nitrogen and oxygen atoms in total. The largest absolute Gasteiger partial charge is 0.481 e. The van der Waals surface area contributed by atoms with Crippen molar-refractivity contribution in [1.29, 1.82) is 0 Å². The summed E-state index contributed by atoms with van der Waals surface area (Å²) >= 11 is 0. The lowest BCUT2D eigenvalue weighted by molar-refractivity contribution is -0.137. The molecule has 1 aliphatic rings. The number of rotatable bonds is 6. The topological polar surface area (TPSA) is 68.2 Å². The standard InChI is InChI=1S/C27H29F3N4O2/c1-17-6-10-21(25-31-13-12-24(33-25)36-3)22(15-17)26(35)34-14-4-5-18(2)23(34)11-9-20-8-7-19(16-32-20)27(28,29)30/h6-8,10,12-13,15-16,18,23H,4-5,9,11,14H2,1-3H3/t18-,23-/m1/s1. The SMILES string of the molecule is COc1ccnc(-c2ccc(C)cc2C(=O)N2CCC[C@@H](C)[C@H]2CCc2ccc(C(F)(F)F)cn2)n1. The van der Waals surface area contributed by atoms with Crippen molar-refractivity contribution in [3.8, 4) is 17.3 Å². The maximum Gasteiger partial charge on any atom is 0.417 e. The molecule has 1 amide bonds. The Hall–Kier alpha value is -3.49. The van der Waals surface area contributed by atoms with Gasteiger partial charge in [0.2, 0.25) is 5.88 Å². The van der Waals surface area contributed by atoms with Crippen molar-refractivity contribution >= 4 is 5.91 Å². The maximum atomic E-state index is 13.9. The van der Waals surface area contributed by atoms with Crippen molar-refractivity contribution < 1.29 is 22.7 Å². The molecule has 4 rings (SSSR count). The van der Waals surface area contributed by atoms with Gasteiger partial charge in [0.25, 0.3) is 5.91 Å². The Bertz CT molecular complexity index is 1210. The number of halogens is 3. The number of ether oxygens (including phenoxy) is 1. The highest BCUT2D eigenvalue weighted by Crippen LogP contribution is 2.32. The molecule has 1 aliphatic heterocycles. The first-order valence-corrected chi connectivity index (χ1v) is 12.0. The van der Waals surface area contributed by atoms with Gasteiger partial charge in [-0.2, -0.15) is 18.2 Å². The smallest absolute Gasteiger partial charge is 0.417 e. The van der Waals surface area contributed by atoms with Crippen LogP contribution >= 0.6 is 0 Å². The molecule has 0 N–H and O–H groups in total.